The van der Waals surface area contributed by atoms with E-state index in [2.05, 4.69) is 54.2 Å². The monoisotopic (exact) mass is 303 g/mol. The van der Waals surface area contributed by atoms with Gasteiger partial charge in [-0.25, -0.2) is 0 Å². The Kier molecular flexibility index (Phi) is 6.27. The van der Waals surface area contributed by atoms with E-state index in [0.29, 0.717) is 6.04 Å². The van der Waals surface area contributed by atoms with Crippen LogP contribution >= 0.6 is 11.3 Å². The van der Waals surface area contributed by atoms with Gasteiger partial charge in [0.2, 0.25) is 0 Å². The van der Waals surface area contributed by atoms with Crippen LogP contribution in [0.25, 0.3) is 0 Å². The third kappa shape index (κ3) is 4.87. The fourth-order valence-electron chi connectivity index (χ4n) is 2.59. The van der Waals surface area contributed by atoms with Gasteiger partial charge in [-0.3, -0.25) is 0 Å². The van der Waals surface area contributed by atoms with Crippen LogP contribution in [0.1, 0.15) is 30.0 Å². The molecule has 1 aromatic heterocycles. The van der Waals surface area contributed by atoms with Crippen LogP contribution in [-0.2, 0) is 12.8 Å². The lowest BCUT2D eigenvalue weighted by Gasteiger charge is -2.20. The first kappa shape index (κ1) is 16.1. The molecule has 3 heteroatoms. The molecule has 114 valence electrons. The second-order valence-electron chi connectivity index (χ2n) is 5.51. The Morgan fingerprint density at radius 3 is 2.76 bits per heavy atom. The summed E-state index contributed by atoms with van der Waals surface area (Å²) in [5.74, 6) is 0.995. The lowest BCUT2D eigenvalue weighted by Crippen LogP contribution is -2.33. The number of hydrogen-bond acceptors (Lipinski definition) is 3. The van der Waals surface area contributed by atoms with Crippen molar-refractivity contribution in [3.05, 3.63) is 51.7 Å². The van der Waals surface area contributed by atoms with Crippen molar-refractivity contribution in [1.82, 2.24) is 5.32 Å². The van der Waals surface area contributed by atoms with Gasteiger partial charge >= 0.3 is 0 Å². The summed E-state index contributed by atoms with van der Waals surface area (Å²) in [4.78, 5) is 0. The Bertz CT molecular complexity index is 536. The van der Waals surface area contributed by atoms with E-state index in [1.165, 1.54) is 16.7 Å². The molecule has 0 bridgehead atoms. The molecule has 2 aromatic rings. The van der Waals surface area contributed by atoms with Crippen LogP contribution in [0.2, 0.25) is 0 Å². The topological polar surface area (TPSA) is 21.3 Å². The van der Waals surface area contributed by atoms with Crippen molar-refractivity contribution in [3.63, 3.8) is 0 Å². The molecule has 1 N–H and O–H groups in total. The quantitative estimate of drug-likeness (QED) is 0.788. The van der Waals surface area contributed by atoms with Gasteiger partial charge in [-0.05, 0) is 66.8 Å². The first-order valence-electron chi connectivity index (χ1n) is 7.61. The molecule has 2 rings (SSSR count). The Morgan fingerprint density at radius 2 is 2.10 bits per heavy atom. The molecule has 0 amide bonds. The van der Waals surface area contributed by atoms with Crippen molar-refractivity contribution in [3.8, 4) is 5.75 Å². The third-order valence-corrected chi connectivity index (χ3v) is 4.38. The maximum absolute atomic E-state index is 5.52. The highest BCUT2D eigenvalue weighted by molar-refractivity contribution is 7.07. The molecule has 0 radical (unpaired) electrons. The molecule has 1 unspecified atom stereocenters. The number of nitrogens with one attached hydrogen (secondary N) is 1. The summed E-state index contributed by atoms with van der Waals surface area (Å²) in [5.41, 5.74) is 4.00. The van der Waals surface area contributed by atoms with E-state index in [9.17, 15) is 0 Å². The molecular weight excluding hydrogens is 278 g/mol. The Labute approximate surface area is 132 Å². The highest BCUT2D eigenvalue weighted by atomic mass is 32.1. The highest BCUT2D eigenvalue weighted by Crippen LogP contribution is 2.22. The number of hydrogen-bond donors (Lipinski definition) is 1. The molecule has 2 nitrogen and oxygen atoms in total. The number of benzene rings is 1. The van der Waals surface area contributed by atoms with Gasteiger partial charge in [-0.1, -0.05) is 24.6 Å². The SMILES string of the molecule is CCCNC(Cc1ccsc1)Cc1cc(C)ccc1OC. The molecule has 0 aliphatic rings. The predicted molar refractivity (Wildman–Crippen MR) is 91.5 cm³/mol. The largest absolute Gasteiger partial charge is 0.496 e. The minimum absolute atomic E-state index is 0.454. The molecule has 0 aliphatic carbocycles. The fourth-order valence-corrected chi connectivity index (χ4v) is 3.27. The van der Waals surface area contributed by atoms with Gasteiger partial charge < -0.3 is 10.1 Å². The van der Waals surface area contributed by atoms with Crippen molar-refractivity contribution in [2.24, 2.45) is 0 Å². The molecule has 1 heterocycles. The van der Waals surface area contributed by atoms with Gasteiger partial charge in [-0.2, -0.15) is 11.3 Å². The molecule has 0 saturated carbocycles. The van der Waals surface area contributed by atoms with Crippen LogP contribution in [-0.4, -0.2) is 19.7 Å². The summed E-state index contributed by atoms with van der Waals surface area (Å²) >= 11 is 1.77. The second-order valence-corrected chi connectivity index (χ2v) is 6.29. The summed E-state index contributed by atoms with van der Waals surface area (Å²) in [6.45, 7) is 5.40. The van der Waals surface area contributed by atoms with E-state index >= 15 is 0 Å². The molecule has 0 spiro atoms. The summed E-state index contributed by atoms with van der Waals surface area (Å²) in [7, 11) is 1.75. The van der Waals surface area contributed by atoms with Crippen LogP contribution in [0, 0.1) is 6.92 Å². The van der Waals surface area contributed by atoms with E-state index in [1.54, 1.807) is 18.4 Å². The van der Waals surface area contributed by atoms with Crippen LogP contribution in [0.5, 0.6) is 5.75 Å². The van der Waals surface area contributed by atoms with Crippen molar-refractivity contribution < 1.29 is 4.74 Å². The zero-order valence-electron chi connectivity index (χ0n) is 13.2. The lowest BCUT2D eigenvalue weighted by molar-refractivity contribution is 0.404. The van der Waals surface area contributed by atoms with Crippen molar-refractivity contribution in [1.29, 1.82) is 0 Å². The lowest BCUT2D eigenvalue weighted by atomic mass is 9.98. The molecule has 0 fully saturated rings. The van der Waals surface area contributed by atoms with E-state index < -0.39 is 0 Å². The Hall–Kier alpha value is -1.32. The van der Waals surface area contributed by atoms with Crippen LogP contribution in [0.4, 0.5) is 0 Å². The molecule has 0 aliphatic heterocycles. The van der Waals surface area contributed by atoms with Crippen molar-refractivity contribution >= 4 is 11.3 Å². The Morgan fingerprint density at radius 1 is 1.24 bits per heavy atom. The second kappa shape index (κ2) is 8.20. The number of ether oxygens (including phenoxy) is 1. The van der Waals surface area contributed by atoms with E-state index in [-0.39, 0.29) is 0 Å². The van der Waals surface area contributed by atoms with Crippen LogP contribution in [0.3, 0.4) is 0 Å². The van der Waals surface area contributed by atoms with Gasteiger partial charge in [0.15, 0.2) is 0 Å². The number of methoxy groups -OCH3 is 1. The minimum Gasteiger partial charge on any atom is -0.496 e. The Balaban J connectivity index is 2.11. The molecule has 1 atom stereocenters. The van der Waals surface area contributed by atoms with Gasteiger partial charge in [0, 0.05) is 6.04 Å². The number of aryl methyl sites for hydroxylation is 1. The molecule has 21 heavy (non-hydrogen) atoms. The van der Waals surface area contributed by atoms with Crippen LogP contribution < -0.4 is 10.1 Å². The van der Waals surface area contributed by atoms with E-state index in [0.717, 1.165) is 31.6 Å². The summed E-state index contributed by atoms with van der Waals surface area (Å²) in [5, 5.41) is 8.07. The smallest absolute Gasteiger partial charge is 0.122 e. The third-order valence-electron chi connectivity index (χ3n) is 3.65. The molecule has 1 aromatic carbocycles. The molecular formula is C18H25NOS. The zero-order chi connectivity index (χ0) is 15.1. The highest BCUT2D eigenvalue weighted by Gasteiger charge is 2.13. The summed E-state index contributed by atoms with van der Waals surface area (Å²) in [6, 6.07) is 9.10. The normalized spacial score (nSPS) is 12.3. The first-order valence-corrected chi connectivity index (χ1v) is 8.55. The van der Waals surface area contributed by atoms with Gasteiger partial charge in [0.05, 0.1) is 7.11 Å². The van der Waals surface area contributed by atoms with Crippen molar-refractivity contribution in [2.75, 3.05) is 13.7 Å². The zero-order valence-corrected chi connectivity index (χ0v) is 14.0. The average molecular weight is 303 g/mol. The average Bonchev–Trinajstić information content (AvgIpc) is 2.98. The number of rotatable bonds is 8. The predicted octanol–water partition coefficient (Wildman–Crippen LogP) is 4.22. The fraction of sp³-hybridized carbons (Fsp3) is 0.444. The van der Waals surface area contributed by atoms with Gasteiger partial charge in [0.25, 0.3) is 0 Å². The maximum Gasteiger partial charge on any atom is 0.122 e. The standard InChI is InChI=1S/C18H25NOS/c1-4-8-19-17(11-15-7-9-21-13-15)12-16-10-14(2)5-6-18(16)20-3/h5-7,9-10,13,17,19H,4,8,11-12H2,1-3H3. The van der Waals surface area contributed by atoms with Crippen molar-refractivity contribution in [2.45, 2.75) is 39.2 Å². The molecule has 0 saturated heterocycles. The van der Waals surface area contributed by atoms with E-state index in [1.807, 2.05) is 0 Å². The van der Waals surface area contributed by atoms with Crippen LogP contribution in [0.15, 0.2) is 35.0 Å². The minimum atomic E-state index is 0.454. The van der Waals surface area contributed by atoms with Gasteiger partial charge in [-0.15, -0.1) is 0 Å². The van der Waals surface area contributed by atoms with E-state index in [4.69, 9.17) is 4.74 Å². The number of thiophene rings is 1. The first-order chi connectivity index (χ1) is 10.2. The summed E-state index contributed by atoms with van der Waals surface area (Å²) < 4.78 is 5.52. The summed E-state index contributed by atoms with van der Waals surface area (Å²) in [6.07, 6.45) is 3.23. The maximum atomic E-state index is 5.52. The van der Waals surface area contributed by atoms with Gasteiger partial charge in [0.1, 0.15) is 5.75 Å².